The van der Waals surface area contributed by atoms with E-state index in [0.717, 1.165) is 28.8 Å². The van der Waals surface area contributed by atoms with Gasteiger partial charge in [-0.25, -0.2) is 4.68 Å². The Balaban J connectivity index is 2.07. The van der Waals surface area contributed by atoms with Crippen LogP contribution in [0.2, 0.25) is 0 Å². The Labute approximate surface area is 117 Å². The van der Waals surface area contributed by atoms with E-state index in [9.17, 15) is 0 Å². The number of hydrogen-bond acceptors (Lipinski definition) is 3. The second kappa shape index (κ2) is 5.25. The van der Waals surface area contributed by atoms with Gasteiger partial charge in [-0.15, -0.1) is 0 Å². The van der Waals surface area contributed by atoms with Crippen molar-refractivity contribution in [3.63, 3.8) is 0 Å². The minimum absolute atomic E-state index is 0.674. The molecule has 0 aliphatic rings. The lowest BCUT2D eigenvalue weighted by Gasteiger charge is -2.09. The highest BCUT2D eigenvalue weighted by molar-refractivity contribution is 5.80. The van der Waals surface area contributed by atoms with Crippen LogP contribution < -0.4 is 10.5 Å². The summed E-state index contributed by atoms with van der Waals surface area (Å²) in [6.45, 7) is 2.76. The number of ether oxygens (including phenoxy) is 1. The first-order valence-corrected chi connectivity index (χ1v) is 6.74. The molecule has 3 rings (SSSR count). The highest BCUT2D eigenvalue weighted by Gasteiger charge is 2.07. The van der Waals surface area contributed by atoms with Crippen LogP contribution in [0.4, 0.5) is 5.69 Å². The zero-order valence-corrected chi connectivity index (χ0v) is 11.4. The fourth-order valence-electron chi connectivity index (χ4n) is 2.21. The molecule has 0 amide bonds. The van der Waals surface area contributed by atoms with Crippen LogP contribution in [0.5, 0.6) is 5.75 Å². The van der Waals surface area contributed by atoms with Crippen molar-refractivity contribution in [3.05, 3.63) is 48.7 Å². The van der Waals surface area contributed by atoms with E-state index in [1.165, 1.54) is 0 Å². The Morgan fingerprint density at radius 2 is 2.05 bits per heavy atom. The number of anilines is 1. The summed E-state index contributed by atoms with van der Waals surface area (Å²) in [6, 6.07) is 13.8. The van der Waals surface area contributed by atoms with Crippen molar-refractivity contribution >= 4 is 16.6 Å². The molecule has 1 aromatic heterocycles. The maximum atomic E-state index is 5.96. The topological polar surface area (TPSA) is 53.1 Å². The monoisotopic (exact) mass is 267 g/mol. The van der Waals surface area contributed by atoms with Gasteiger partial charge in [0.25, 0.3) is 0 Å². The molecule has 0 saturated heterocycles. The molecule has 0 spiro atoms. The number of aromatic nitrogens is 2. The highest BCUT2D eigenvalue weighted by Crippen LogP contribution is 2.24. The zero-order valence-electron chi connectivity index (χ0n) is 11.4. The Morgan fingerprint density at radius 3 is 2.90 bits per heavy atom. The van der Waals surface area contributed by atoms with Crippen LogP contribution >= 0.6 is 0 Å². The molecule has 4 nitrogen and oxygen atoms in total. The maximum Gasteiger partial charge on any atom is 0.123 e. The van der Waals surface area contributed by atoms with E-state index in [0.29, 0.717) is 12.3 Å². The molecule has 0 saturated carbocycles. The third-order valence-corrected chi connectivity index (χ3v) is 3.11. The average Bonchev–Trinajstić information content (AvgIpc) is 2.88. The molecule has 2 aromatic carbocycles. The summed E-state index contributed by atoms with van der Waals surface area (Å²) in [5, 5.41) is 5.54. The molecular weight excluding hydrogens is 250 g/mol. The molecule has 0 aliphatic heterocycles. The molecule has 20 heavy (non-hydrogen) atoms. The molecule has 0 bridgehead atoms. The minimum atomic E-state index is 0.674. The molecule has 3 aromatic rings. The van der Waals surface area contributed by atoms with Crippen molar-refractivity contribution in [1.29, 1.82) is 0 Å². The minimum Gasteiger partial charge on any atom is -0.493 e. The Bertz CT molecular complexity index is 733. The lowest BCUT2D eigenvalue weighted by atomic mass is 10.2. The predicted octanol–water partition coefficient (Wildman–Crippen LogP) is 3.40. The van der Waals surface area contributed by atoms with E-state index in [-0.39, 0.29) is 0 Å². The maximum absolute atomic E-state index is 5.96. The van der Waals surface area contributed by atoms with Gasteiger partial charge in [-0.2, -0.15) is 5.10 Å². The largest absolute Gasteiger partial charge is 0.493 e. The van der Waals surface area contributed by atoms with Crippen LogP contribution in [-0.4, -0.2) is 16.4 Å². The number of hydrogen-bond donors (Lipinski definition) is 1. The summed E-state index contributed by atoms with van der Waals surface area (Å²) in [5.41, 5.74) is 8.60. The Kier molecular flexibility index (Phi) is 3.29. The van der Waals surface area contributed by atoms with Crippen LogP contribution in [0.1, 0.15) is 13.3 Å². The fourth-order valence-corrected chi connectivity index (χ4v) is 2.21. The number of fused-ring (bicyclic) bond motifs is 1. The SMILES string of the molecule is CCCOc1cc(N)cc(-n2ncc3ccccc32)c1. The van der Waals surface area contributed by atoms with Crippen molar-refractivity contribution < 1.29 is 4.74 Å². The number of nitrogen functional groups attached to an aromatic ring is 1. The van der Waals surface area contributed by atoms with Gasteiger partial charge in [0.2, 0.25) is 0 Å². The van der Waals surface area contributed by atoms with E-state index in [4.69, 9.17) is 10.5 Å². The molecule has 0 fully saturated rings. The predicted molar refractivity (Wildman–Crippen MR) is 81.3 cm³/mol. The zero-order chi connectivity index (χ0) is 13.9. The standard InChI is InChI=1S/C16H17N3O/c1-2-7-20-15-9-13(17)8-14(10-15)19-16-6-4-3-5-12(16)11-18-19/h3-6,8-11H,2,7,17H2,1H3. The van der Waals surface area contributed by atoms with E-state index in [2.05, 4.69) is 12.0 Å². The van der Waals surface area contributed by atoms with E-state index < -0.39 is 0 Å². The van der Waals surface area contributed by atoms with Crippen LogP contribution in [0.3, 0.4) is 0 Å². The number of nitrogens with zero attached hydrogens (tertiary/aromatic N) is 2. The molecular formula is C16H17N3O. The van der Waals surface area contributed by atoms with Gasteiger partial charge in [0, 0.05) is 23.2 Å². The first-order chi connectivity index (χ1) is 9.78. The Morgan fingerprint density at radius 1 is 1.20 bits per heavy atom. The molecule has 0 atom stereocenters. The quantitative estimate of drug-likeness (QED) is 0.737. The summed E-state index contributed by atoms with van der Waals surface area (Å²) in [5.74, 6) is 0.779. The average molecular weight is 267 g/mol. The second-order valence-electron chi connectivity index (χ2n) is 4.72. The normalized spacial score (nSPS) is 10.8. The highest BCUT2D eigenvalue weighted by atomic mass is 16.5. The molecule has 0 unspecified atom stereocenters. The summed E-state index contributed by atoms with van der Waals surface area (Å²) < 4.78 is 7.55. The third kappa shape index (κ3) is 2.32. The van der Waals surface area contributed by atoms with E-state index in [1.807, 2.05) is 53.3 Å². The second-order valence-corrected chi connectivity index (χ2v) is 4.72. The van der Waals surface area contributed by atoms with E-state index >= 15 is 0 Å². The molecule has 1 heterocycles. The third-order valence-electron chi connectivity index (χ3n) is 3.11. The van der Waals surface area contributed by atoms with Crippen molar-refractivity contribution in [2.24, 2.45) is 0 Å². The van der Waals surface area contributed by atoms with Crippen molar-refractivity contribution in [1.82, 2.24) is 9.78 Å². The van der Waals surface area contributed by atoms with Gasteiger partial charge in [-0.1, -0.05) is 25.1 Å². The number of nitrogens with two attached hydrogens (primary N) is 1. The van der Waals surface area contributed by atoms with Gasteiger partial charge in [0.05, 0.1) is 24.0 Å². The van der Waals surface area contributed by atoms with Crippen LogP contribution in [0.15, 0.2) is 48.7 Å². The Hall–Kier alpha value is -2.49. The molecule has 0 aliphatic carbocycles. The first-order valence-electron chi connectivity index (χ1n) is 6.74. The first kappa shape index (κ1) is 12.5. The summed E-state index contributed by atoms with van der Waals surface area (Å²) in [7, 11) is 0. The van der Waals surface area contributed by atoms with Gasteiger partial charge in [0.1, 0.15) is 5.75 Å². The van der Waals surface area contributed by atoms with E-state index in [1.54, 1.807) is 0 Å². The van der Waals surface area contributed by atoms with Crippen molar-refractivity contribution in [3.8, 4) is 11.4 Å². The molecule has 2 N–H and O–H groups in total. The summed E-state index contributed by atoms with van der Waals surface area (Å²) in [4.78, 5) is 0. The summed E-state index contributed by atoms with van der Waals surface area (Å²) >= 11 is 0. The lowest BCUT2D eigenvalue weighted by molar-refractivity contribution is 0.317. The van der Waals surface area contributed by atoms with Gasteiger partial charge >= 0.3 is 0 Å². The van der Waals surface area contributed by atoms with Crippen molar-refractivity contribution in [2.75, 3.05) is 12.3 Å². The lowest BCUT2D eigenvalue weighted by Crippen LogP contribution is -2.01. The van der Waals surface area contributed by atoms with Gasteiger partial charge in [-0.05, 0) is 18.6 Å². The molecule has 0 radical (unpaired) electrons. The van der Waals surface area contributed by atoms with Gasteiger partial charge in [0.15, 0.2) is 0 Å². The van der Waals surface area contributed by atoms with Crippen molar-refractivity contribution in [2.45, 2.75) is 13.3 Å². The van der Waals surface area contributed by atoms with Gasteiger partial charge in [-0.3, -0.25) is 0 Å². The number of rotatable bonds is 4. The van der Waals surface area contributed by atoms with Crippen LogP contribution in [-0.2, 0) is 0 Å². The molecule has 4 heteroatoms. The number of para-hydroxylation sites is 1. The summed E-state index contributed by atoms with van der Waals surface area (Å²) in [6.07, 6.45) is 2.82. The molecule has 102 valence electrons. The number of benzene rings is 2. The van der Waals surface area contributed by atoms with Gasteiger partial charge < -0.3 is 10.5 Å². The van der Waals surface area contributed by atoms with Crippen LogP contribution in [0, 0.1) is 0 Å². The van der Waals surface area contributed by atoms with Crippen LogP contribution in [0.25, 0.3) is 16.6 Å². The smallest absolute Gasteiger partial charge is 0.123 e. The fraction of sp³-hybridized carbons (Fsp3) is 0.188.